The van der Waals surface area contributed by atoms with Gasteiger partial charge < -0.3 is 0 Å². The Kier molecular flexibility index (Phi) is 4.65. The van der Waals surface area contributed by atoms with Gasteiger partial charge in [-0.15, -0.1) is 0 Å². The van der Waals surface area contributed by atoms with Crippen molar-refractivity contribution in [2.45, 2.75) is 11.8 Å². The molecule has 1 rings (SSSR count). The number of alkyl halides is 2. The maximum Gasteiger partial charge on any atom is 0.187 e. The molecule has 1 aromatic rings. The van der Waals surface area contributed by atoms with Gasteiger partial charge in [0, 0.05) is 11.6 Å². The van der Waals surface area contributed by atoms with Crippen LogP contribution < -0.4 is 0 Å². The van der Waals surface area contributed by atoms with Gasteiger partial charge in [0.15, 0.2) is 5.78 Å². The fraction of sp³-hybridized carbons (Fsp3) is 0.182. The van der Waals surface area contributed by atoms with Gasteiger partial charge in [0.25, 0.3) is 0 Å². The predicted molar refractivity (Wildman–Crippen MR) is 64.9 cm³/mol. The van der Waals surface area contributed by atoms with Gasteiger partial charge in [0.1, 0.15) is 4.84 Å². The van der Waals surface area contributed by atoms with E-state index in [1.807, 2.05) is 19.1 Å². The van der Waals surface area contributed by atoms with Crippen LogP contribution in [0.25, 0.3) is 0 Å². The van der Waals surface area contributed by atoms with Crippen LogP contribution in [0.15, 0.2) is 35.4 Å². The van der Waals surface area contributed by atoms with E-state index >= 15 is 0 Å². The van der Waals surface area contributed by atoms with E-state index in [2.05, 4.69) is 0 Å². The first-order valence-electron chi connectivity index (χ1n) is 4.27. The highest BCUT2D eigenvalue weighted by molar-refractivity contribution is 6.52. The zero-order chi connectivity index (χ0) is 11.4. The lowest BCUT2D eigenvalue weighted by Gasteiger charge is -1.99. The number of benzene rings is 1. The number of hydrogen-bond acceptors (Lipinski definition) is 1. The first-order valence-corrected chi connectivity index (χ1v) is 5.52. The molecular weight excluding hydrogens is 254 g/mol. The minimum Gasteiger partial charge on any atom is -0.289 e. The molecule has 0 saturated heterocycles. The Morgan fingerprint density at radius 1 is 1.27 bits per heavy atom. The first-order chi connectivity index (χ1) is 7.00. The molecule has 0 fully saturated rings. The number of hydrogen-bond donors (Lipinski definition) is 0. The Balaban J connectivity index is 2.86. The molecule has 15 heavy (non-hydrogen) atoms. The molecule has 4 heteroatoms. The number of carbonyl (C=O) groups excluding carboxylic acids is 1. The SMILES string of the molecule is Cc1ccc(C(=O)C=C(Cl)C(Cl)Cl)cc1. The van der Waals surface area contributed by atoms with Gasteiger partial charge in [-0.25, -0.2) is 0 Å². The Labute approximate surface area is 104 Å². The molecule has 0 spiro atoms. The molecule has 0 aliphatic carbocycles. The summed E-state index contributed by atoms with van der Waals surface area (Å²) in [4.78, 5) is 10.7. The third-order valence-electron chi connectivity index (χ3n) is 1.81. The van der Waals surface area contributed by atoms with E-state index in [1.165, 1.54) is 6.08 Å². The Hall–Kier alpha value is -0.500. The second kappa shape index (κ2) is 5.55. The minimum atomic E-state index is -0.860. The molecule has 0 heterocycles. The van der Waals surface area contributed by atoms with E-state index in [4.69, 9.17) is 34.8 Å². The van der Waals surface area contributed by atoms with Crippen molar-refractivity contribution in [1.82, 2.24) is 0 Å². The van der Waals surface area contributed by atoms with E-state index in [-0.39, 0.29) is 10.8 Å². The van der Waals surface area contributed by atoms with Crippen molar-refractivity contribution in [3.05, 3.63) is 46.5 Å². The molecule has 0 aliphatic heterocycles. The van der Waals surface area contributed by atoms with Crippen LogP contribution in [0.1, 0.15) is 15.9 Å². The van der Waals surface area contributed by atoms with Crippen LogP contribution in [-0.4, -0.2) is 10.6 Å². The monoisotopic (exact) mass is 262 g/mol. The summed E-state index contributed by atoms with van der Waals surface area (Å²) in [5, 5.41) is 0.129. The molecule has 1 aromatic carbocycles. The quantitative estimate of drug-likeness (QED) is 0.456. The van der Waals surface area contributed by atoms with Crippen LogP contribution in [0.5, 0.6) is 0 Å². The van der Waals surface area contributed by atoms with Gasteiger partial charge in [-0.3, -0.25) is 4.79 Å². The topological polar surface area (TPSA) is 17.1 Å². The first kappa shape index (κ1) is 12.6. The van der Waals surface area contributed by atoms with Crippen molar-refractivity contribution in [3.63, 3.8) is 0 Å². The van der Waals surface area contributed by atoms with Gasteiger partial charge in [0.05, 0.1) is 5.03 Å². The summed E-state index contributed by atoms with van der Waals surface area (Å²) in [5.41, 5.74) is 1.65. The van der Waals surface area contributed by atoms with E-state index in [9.17, 15) is 4.79 Å². The van der Waals surface area contributed by atoms with Gasteiger partial charge >= 0.3 is 0 Å². The maximum absolute atomic E-state index is 11.6. The molecule has 80 valence electrons. The standard InChI is InChI=1S/C11H9Cl3O/c1-7-2-4-8(5-3-7)10(15)6-9(12)11(13)14/h2-6,11H,1H3. The third kappa shape index (κ3) is 3.86. The van der Waals surface area contributed by atoms with Crippen molar-refractivity contribution >= 4 is 40.6 Å². The summed E-state index contributed by atoms with van der Waals surface area (Å²) in [6.45, 7) is 1.95. The second-order valence-electron chi connectivity index (χ2n) is 3.06. The lowest BCUT2D eigenvalue weighted by atomic mass is 10.1. The highest BCUT2D eigenvalue weighted by Gasteiger charge is 2.08. The number of ketones is 1. The van der Waals surface area contributed by atoms with Crippen LogP contribution in [0, 0.1) is 6.92 Å². The molecule has 0 aromatic heterocycles. The fourth-order valence-corrected chi connectivity index (χ4v) is 1.21. The summed E-state index contributed by atoms with van der Waals surface area (Å²) in [6.07, 6.45) is 1.23. The molecule has 0 N–H and O–H groups in total. The largest absolute Gasteiger partial charge is 0.289 e. The van der Waals surface area contributed by atoms with Gasteiger partial charge in [0.2, 0.25) is 0 Å². The van der Waals surface area contributed by atoms with Gasteiger partial charge in [-0.05, 0) is 6.92 Å². The average Bonchev–Trinajstić information content (AvgIpc) is 2.18. The van der Waals surface area contributed by atoms with Gasteiger partial charge in [-0.1, -0.05) is 64.6 Å². The number of carbonyl (C=O) groups is 1. The highest BCUT2D eigenvalue weighted by Crippen LogP contribution is 2.19. The van der Waals surface area contributed by atoms with Crippen LogP contribution in [0.3, 0.4) is 0 Å². The number of aryl methyl sites for hydroxylation is 1. The maximum atomic E-state index is 11.6. The molecule has 0 bridgehead atoms. The number of rotatable bonds is 3. The van der Waals surface area contributed by atoms with E-state index < -0.39 is 4.84 Å². The molecule has 0 aliphatic rings. The van der Waals surface area contributed by atoms with Crippen molar-refractivity contribution in [1.29, 1.82) is 0 Å². The molecular formula is C11H9Cl3O. The van der Waals surface area contributed by atoms with E-state index in [1.54, 1.807) is 12.1 Å². The van der Waals surface area contributed by atoms with Crippen molar-refractivity contribution in [2.75, 3.05) is 0 Å². The summed E-state index contributed by atoms with van der Waals surface area (Å²) in [7, 11) is 0. The van der Waals surface area contributed by atoms with Crippen molar-refractivity contribution < 1.29 is 4.79 Å². The van der Waals surface area contributed by atoms with Crippen LogP contribution in [0.4, 0.5) is 0 Å². The van der Waals surface area contributed by atoms with Crippen LogP contribution in [-0.2, 0) is 0 Å². The molecule has 0 unspecified atom stereocenters. The zero-order valence-corrected chi connectivity index (χ0v) is 10.3. The zero-order valence-electron chi connectivity index (χ0n) is 8.01. The normalized spacial score (nSPS) is 11.9. The van der Waals surface area contributed by atoms with Crippen LogP contribution >= 0.6 is 34.8 Å². The Morgan fingerprint density at radius 3 is 2.27 bits per heavy atom. The summed E-state index contributed by atoms with van der Waals surface area (Å²) in [6, 6.07) is 7.17. The van der Waals surface area contributed by atoms with E-state index in [0.29, 0.717) is 5.56 Å². The Morgan fingerprint density at radius 2 is 1.80 bits per heavy atom. The smallest absolute Gasteiger partial charge is 0.187 e. The second-order valence-corrected chi connectivity index (χ2v) is 4.59. The average molecular weight is 264 g/mol. The fourth-order valence-electron chi connectivity index (χ4n) is 0.989. The van der Waals surface area contributed by atoms with E-state index in [0.717, 1.165) is 5.56 Å². The lowest BCUT2D eigenvalue weighted by molar-refractivity contribution is 0.104. The van der Waals surface area contributed by atoms with Crippen molar-refractivity contribution in [2.24, 2.45) is 0 Å². The Bertz CT molecular complexity index is 379. The summed E-state index contributed by atoms with van der Waals surface area (Å²) in [5.74, 6) is -0.202. The summed E-state index contributed by atoms with van der Waals surface area (Å²) >= 11 is 16.7. The molecule has 0 atom stereocenters. The minimum absolute atomic E-state index is 0.129. The molecule has 0 amide bonds. The molecule has 1 nitrogen and oxygen atoms in total. The number of allylic oxidation sites excluding steroid dienone is 2. The molecule has 0 radical (unpaired) electrons. The third-order valence-corrected chi connectivity index (χ3v) is 2.83. The van der Waals surface area contributed by atoms with Crippen molar-refractivity contribution in [3.8, 4) is 0 Å². The van der Waals surface area contributed by atoms with Crippen LogP contribution in [0.2, 0.25) is 0 Å². The molecule has 0 saturated carbocycles. The lowest BCUT2D eigenvalue weighted by Crippen LogP contribution is -1.97. The summed E-state index contributed by atoms with van der Waals surface area (Å²) < 4.78 is 0. The highest BCUT2D eigenvalue weighted by atomic mass is 35.5. The van der Waals surface area contributed by atoms with Gasteiger partial charge in [-0.2, -0.15) is 0 Å². The number of halogens is 3. The predicted octanol–water partition coefficient (Wildman–Crippen LogP) is 4.10.